The van der Waals surface area contributed by atoms with Crippen molar-refractivity contribution < 1.29 is 9.53 Å². The molecule has 1 saturated carbocycles. The van der Waals surface area contributed by atoms with Gasteiger partial charge in [0, 0.05) is 12.2 Å². The SMILES string of the molecule is C=CC(=O)NC1CCC(Oc2ncccc2Cl)CC1. The Morgan fingerprint density at radius 3 is 2.84 bits per heavy atom. The molecule has 1 aromatic rings. The molecule has 1 aromatic heterocycles. The van der Waals surface area contributed by atoms with E-state index >= 15 is 0 Å². The normalized spacial score (nSPS) is 22.6. The van der Waals surface area contributed by atoms with Crippen molar-refractivity contribution in [2.45, 2.75) is 37.8 Å². The lowest BCUT2D eigenvalue weighted by molar-refractivity contribution is -0.117. The van der Waals surface area contributed by atoms with Crippen LogP contribution in [-0.2, 0) is 4.79 Å². The zero-order chi connectivity index (χ0) is 13.7. The van der Waals surface area contributed by atoms with Gasteiger partial charge in [0.05, 0.1) is 0 Å². The number of hydrogen-bond donors (Lipinski definition) is 1. The molecule has 1 fully saturated rings. The number of hydrogen-bond acceptors (Lipinski definition) is 3. The Hall–Kier alpha value is -1.55. The quantitative estimate of drug-likeness (QED) is 0.863. The second-order valence-electron chi connectivity index (χ2n) is 4.59. The fourth-order valence-corrected chi connectivity index (χ4v) is 2.37. The summed E-state index contributed by atoms with van der Waals surface area (Å²) in [6.07, 6.45) is 6.64. The summed E-state index contributed by atoms with van der Waals surface area (Å²) in [4.78, 5) is 15.3. The van der Waals surface area contributed by atoms with Crippen LogP contribution < -0.4 is 10.1 Å². The fourth-order valence-electron chi connectivity index (χ4n) is 2.20. The minimum Gasteiger partial charge on any atom is -0.473 e. The van der Waals surface area contributed by atoms with Gasteiger partial charge in [0.15, 0.2) is 0 Å². The number of aromatic nitrogens is 1. The molecule has 0 radical (unpaired) electrons. The van der Waals surface area contributed by atoms with Crippen molar-refractivity contribution in [2.24, 2.45) is 0 Å². The molecule has 0 bridgehead atoms. The van der Waals surface area contributed by atoms with Crippen LogP contribution in [0.2, 0.25) is 5.02 Å². The number of amides is 1. The molecular formula is C14H17ClN2O2. The van der Waals surface area contributed by atoms with Gasteiger partial charge >= 0.3 is 0 Å². The lowest BCUT2D eigenvalue weighted by Crippen LogP contribution is -2.39. The Morgan fingerprint density at radius 1 is 1.47 bits per heavy atom. The molecule has 19 heavy (non-hydrogen) atoms. The number of pyridine rings is 1. The van der Waals surface area contributed by atoms with E-state index in [1.807, 2.05) is 0 Å². The van der Waals surface area contributed by atoms with Crippen molar-refractivity contribution in [1.82, 2.24) is 10.3 Å². The summed E-state index contributed by atoms with van der Waals surface area (Å²) in [5, 5.41) is 3.44. The van der Waals surface area contributed by atoms with Crippen LogP contribution in [0.15, 0.2) is 31.0 Å². The van der Waals surface area contributed by atoms with Gasteiger partial charge in [-0.05, 0) is 43.9 Å². The summed E-state index contributed by atoms with van der Waals surface area (Å²) in [5.74, 6) is 0.375. The largest absolute Gasteiger partial charge is 0.473 e. The molecule has 1 heterocycles. The minimum atomic E-state index is -0.114. The lowest BCUT2D eigenvalue weighted by Gasteiger charge is -2.29. The van der Waals surface area contributed by atoms with E-state index in [0.717, 1.165) is 25.7 Å². The first kappa shape index (κ1) is 13.9. The average molecular weight is 281 g/mol. The summed E-state index contributed by atoms with van der Waals surface area (Å²) < 4.78 is 5.79. The molecule has 0 aliphatic heterocycles. The Labute approximate surface area is 117 Å². The highest BCUT2D eigenvalue weighted by Gasteiger charge is 2.23. The van der Waals surface area contributed by atoms with Crippen molar-refractivity contribution in [3.8, 4) is 5.88 Å². The molecule has 0 atom stereocenters. The van der Waals surface area contributed by atoms with Crippen LogP contribution in [0.5, 0.6) is 5.88 Å². The smallest absolute Gasteiger partial charge is 0.243 e. The summed E-state index contributed by atoms with van der Waals surface area (Å²) in [6, 6.07) is 3.75. The highest BCUT2D eigenvalue weighted by molar-refractivity contribution is 6.31. The Kier molecular flexibility index (Phi) is 4.80. The second-order valence-corrected chi connectivity index (χ2v) is 5.00. The maximum atomic E-state index is 11.2. The van der Waals surface area contributed by atoms with Gasteiger partial charge in [-0.2, -0.15) is 0 Å². The van der Waals surface area contributed by atoms with E-state index in [9.17, 15) is 4.79 Å². The number of halogens is 1. The van der Waals surface area contributed by atoms with Crippen molar-refractivity contribution >= 4 is 17.5 Å². The summed E-state index contributed by atoms with van der Waals surface area (Å²) in [7, 11) is 0. The van der Waals surface area contributed by atoms with E-state index in [1.54, 1.807) is 18.3 Å². The van der Waals surface area contributed by atoms with Crippen LogP contribution >= 0.6 is 11.6 Å². The average Bonchev–Trinajstić information content (AvgIpc) is 2.43. The van der Waals surface area contributed by atoms with Crippen molar-refractivity contribution in [3.05, 3.63) is 36.0 Å². The molecule has 4 nitrogen and oxygen atoms in total. The molecule has 0 unspecified atom stereocenters. The van der Waals surface area contributed by atoms with E-state index in [0.29, 0.717) is 10.9 Å². The van der Waals surface area contributed by atoms with E-state index < -0.39 is 0 Å². The first-order valence-electron chi connectivity index (χ1n) is 6.39. The minimum absolute atomic E-state index is 0.114. The molecule has 0 aromatic carbocycles. The van der Waals surface area contributed by atoms with Gasteiger partial charge in [-0.15, -0.1) is 0 Å². The number of rotatable bonds is 4. The first-order valence-corrected chi connectivity index (χ1v) is 6.77. The highest BCUT2D eigenvalue weighted by atomic mass is 35.5. The van der Waals surface area contributed by atoms with E-state index in [1.165, 1.54) is 6.08 Å². The van der Waals surface area contributed by atoms with E-state index in [2.05, 4.69) is 16.9 Å². The van der Waals surface area contributed by atoms with Crippen molar-refractivity contribution in [1.29, 1.82) is 0 Å². The number of ether oxygens (including phenoxy) is 1. The van der Waals surface area contributed by atoms with Gasteiger partial charge in [-0.1, -0.05) is 18.2 Å². The Bertz CT molecular complexity index is 457. The number of nitrogens with one attached hydrogen (secondary N) is 1. The Morgan fingerprint density at radius 2 is 2.21 bits per heavy atom. The second kappa shape index (κ2) is 6.57. The van der Waals surface area contributed by atoms with Crippen molar-refractivity contribution in [2.75, 3.05) is 0 Å². The first-order chi connectivity index (χ1) is 9.19. The molecule has 2 rings (SSSR count). The molecule has 5 heteroatoms. The lowest BCUT2D eigenvalue weighted by atomic mass is 9.93. The predicted molar refractivity (Wildman–Crippen MR) is 74.3 cm³/mol. The molecule has 1 aliphatic rings. The maximum absolute atomic E-state index is 11.2. The third-order valence-electron chi connectivity index (χ3n) is 3.21. The number of carbonyl (C=O) groups excluding carboxylic acids is 1. The van der Waals surface area contributed by atoms with Crippen LogP contribution in [0.25, 0.3) is 0 Å². The maximum Gasteiger partial charge on any atom is 0.243 e. The van der Waals surface area contributed by atoms with Gasteiger partial charge in [0.2, 0.25) is 11.8 Å². The van der Waals surface area contributed by atoms with Gasteiger partial charge < -0.3 is 10.1 Å². The molecule has 102 valence electrons. The van der Waals surface area contributed by atoms with Gasteiger partial charge in [0.1, 0.15) is 11.1 Å². The van der Waals surface area contributed by atoms with E-state index in [-0.39, 0.29) is 18.1 Å². The highest BCUT2D eigenvalue weighted by Crippen LogP contribution is 2.26. The monoisotopic (exact) mass is 280 g/mol. The fraction of sp³-hybridized carbons (Fsp3) is 0.429. The topological polar surface area (TPSA) is 51.2 Å². The van der Waals surface area contributed by atoms with Crippen LogP contribution in [-0.4, -0.2) is 23.0 Å². The molecular weight excluding hydrogens is 264 g/mol. The van der Waals surface area contributed by atoms with Crippen LogP contribution in [0.4, 0.5) is 0 Å². The summed E-state index contributed by atoms with van der Waals surface area (Å²) in [5.41, 5.74) is 0. The number of nitrogens with zero attached hydrogens (tertiary/aromatic N) is 1. The van der Waals surface area contributed by atoms with Crippen LogP contribution in [0.1, 0.15) is 25.7 Å². The van der Waals surface area contributed by atoms with Gasteiger partial charge in [-0.25, -0.2) is 4.98 Å². The number of carbonyl (C=O) groups is 1. The molecule has 0 spiro atoms. The van der Waals surface area contributed by atoms with Gasteiger partial charge in [-0.3, -0.25) is 4.79 Å². The zero-order valence-electron chi connectivity index (χ0n) is 10.6. The Balaban J connectivity index is 1.82. The summed E-state index contributed by atoms with van der Waals surface area (Å²) >= 11 is 6.00. The van der Waals surface area contributed by atoms with Crippen LogP contribution in [0, 0.1) is 0 Å². The van der Waals surface area contributed by atoms with Crippen LogP contribution in [0.3, 0.4) is 0 Å². The third kappa shape index (κ3) is 3.96. The van der Waals surface area contributed by atoms with Gasteiger partial charge in [0.25, 0.3) is 0 Å². The molecule has 1 N–H and O–H groups in total. The zero-order valence-corrected chi connectivity index (χ0v) is 11.4. The third-order valence-corrected chi connectivity index (χ3v) is 3.50. The molecule has 0 saturated heterocycles. The summed E-state index contributed by atoms with van der Waals surface area (Å²) in [6.45, 7) is 3.45. The van der Waals surface area contributed by atoms with E-state index in [4.69, 9.17) is 16.3 Å². The van der Waals surface area contributed by atoms with Crippen molar-refractivity contribution in [3.63, 3.8) is 0 Å². The standard InChI is InChI=1S/C14H17ClN2O2/c1-2-13(18)17-10-5-7-11(8-6-10)19-14-12(15)4-3-9-16-14/h2-4,9-11H,1,5-8H2,(H,17,18). The predicted octanol–water partition coefficient (Wildman–Crippen LogP) is 2.73. The molecule has 1 amide bonds. The molecule has 1 aliphatic carbocycles.